The number of hydrogen-bond donors (Lipinski definition) is 0. The summed E-state index contributed by atoms with van der Waals surface area (Å²) in [5.74, 6) is 1.42. The zero-order valence-electron chi connectivity index (χ0n) is 10.3. The van der Waals surface area contributed by atoms with Crippen molar-refractivity contribution in [2.24, 2.45) is 0 Å². The molecule has 1 atom stereocenters. The van der Waals surface area contributed by atoms with Crippen molar-refractivity contribution in [1.82, 2.24) is 9.21 Å². The van der Waals surface area contributed by atoms with Gasteiger partial charge in [0.1, 0.15) is 0 Å². The van der Waals surface area contributed by atoms with Crippen LogP contribution >= 0.6 is 11.8 Å². The first-order valence-electron chi connectivity index (χ1n) is 5.64. The number of likely N-dealkylation sites (N-methyl/N-ethyl adjacent to an activating group) is 1. The molecular weight excluding hydrogens is 244 g/mol. The minimum Gasteiger partial charge on any atom is -0.302 e. The number of sulfonamides is 1. The van der Waals surface area contributed by atoms with Crippen molar-refractivity contribution in [3.8, 4) is 0 Å². The number of nitrogens with zero attached hydrogens (tertiary/aromatic N) is 2. The van der Waals surface area contributed by atoms with Crippen LogP contribution in [0.2, 0.25) is 0 Å². The lowest BCUT2D eigenvalue weighted by atomic mass is 10.3. The first kappa shape index (κ1) is 14.3. The molecule has 0 bridgehead atoms. The Bertz CT molecular complexity index is 306. The highest BCUT2D eigenvalue weighted by Gasteiger charge is 2.27. The first-order valence-corrected chi connectivity index (χ1v) is 8.64. The standard InChI is InChI=1S/C10H22N2O2S2/c1-10(9-15-3)11(2)6-7-12-5-4-8-16(12,13)14/h10H,4-9H2,1-3H3/t10-/m1/s1. The second-order valence-electron chi connectivity index (χ2n) is 4.35. The quantitative estimate of drug-likeness (QED) is 0.710. The summed E-state index contributed by atoms with van der Waals surface area (Å²) >= 11 is 1.82. The summed E-state index contributed by atoms with van der Waals surface area (Å²) in [5.41, 5.74) is 0. The first-order chi connectivity index (χ1) is 7.47. The Morgan fingerprint density at radius 1 is 1.50 bits per heavy atom. The van der Waals surface area contributed by atoms with Crippen molar-refractivity contribution >= 4 is 21.8 Å². The van der Waals surface area contributed by atoms with Gasteiger partial charge in [0.25, 0.3) is 0 Å². The highest BCUT2D eigenvalue weighted by atomic mass is 32.2. The van der Waals surface area contributed by atoms with Crippen LogP contribution in [0.25, 0.3) is 0 Å². The van der Waals surface area contributed by atoms with Crippen LogP contribution in [0.1, 0.15) is 13.3 Å². The summed E-state index contributed by atoms with van der Waals surface area (Å²) < 4.78 is 24.8. The van der Waals surface area contributed by atoms with E-state index >= 15 is 0 Å². The van der Waals surface area contributed by atoms with Gasteiger partial charge in [-0.1, -0.05) is 0 Å². The molecule has 1 rings (SSSR count). The van der Waals surface area contributed by atoms with Crippen LogP contribution < -0.4 is 0 Å². The highest BCUT2D eigenvalue weighted by molar-refractivity contribution is 7.98. The highest BCUT2D eigenvalue weighted by Crippen LogP contribution is 2.13. The smallest absolute Gasteiger partial charge is 0.214 e. The number of rotatable bonds is 6. The molecule has 0 aromatic heterocycles. The number of thioether (sulfide) groups is 1. The van der Waals surface area contributed by atoms with Gasteiger partial charge in [-0.25, -0.2) is 12.7 Å². The Balaban J connectivity index is 2.34. The van der Waals surface area contributed by atoms with Gasteiger partial charge < -0.3 is 4.90 Å². The zero-order chi connectivity index (χ0) is 12.2. The molecule has 0 aliphatic carbocycles. The van der Waals surface area contributed by atoms with E-state index in [4.69, 9.17) is 0 Å². The van der Waals surface area contributed by atoms with Gasteiger partial charge in [0.15, 0.2) is 0 Å². The van der Waals surface area contributed by atoms with E-state index in [0.717, 1.165) is 18.7 Å². The van der Waals surface area contributed by atoms with Gasteiger partial charge in [0.05, 0.1) is 5.75 Å². The average Bonchev–Trinajstić information content (AvgIpc) is 2.54. The second kappa shape index (κ2) is 6.23. The van der Waals surface area contributed by atoms with Crippen molar-refractivity contribution in [2.75, 3.05) is 44.4 Å². The van der Waals surface area contributed by atoms with E-state index in [1.165, 1.54) is 0 Å². The lowest BCUT2D eigenvalue weighted by molar-refractivity contribution is 0.256. The Morgan fingerprint density at radius 3 is 2.69 bits per heavy atom. The number of hydrogen-bond acceptors (Lipinski definition) is 4. The largest absolute Gasteiger partial charge is 0.302 e. The maximum absolute atomic E-state index is 11.6. The van der Waals surface area contributed by atoms with E-state index in [1.807, 2.05) is 11.8 Å². The topological polar surface area (TPSA) is 40.6 Å². The fourth-order valence-corrected chi connectivity index (χ4v) is 4.06. The van der Waals surface area contributed by atoms with Crippen molar-refractivity contribution in [1.29, 1.82) is 0 Å². The minimum atomic E-state index is -2.92. The van der Waals surface area contributed by atoms with Crippen LogP contribution in [0.4, 0.5) is 0 Å². The molecule has 1 fully saturated rings. The lowest BCUT2D eigenvalue weighted by Crippen LogP contribution is -2.39. The van der Waals surface area contributed by atoms with Crippen LogP contribution in [-0.2, 0) is 10.0 Å². The van der Waals surface area contributed by atoms with Gasteiger partial charge >= 0.3 is 0 Å². The van der Waals surface area contributed by atoms with Gasteiger partial charge in [0.2, 0.25) is 10.0 Å². The molecule has 16 heavy (non-hydrogen) atoms. The molecule has 0 aromatic rings. The van der Waals surface area contributed by atoms with Gasteiger partial charge in [-0.15, -0.1) is 0 Å². The molecule has 0 spiro atoms. The van der Waals surface area contributed by atoms with Gasteiger partial charge in [0, 0.05) is 31.4 Å². The third-order valence-electron chi connectivity index (χ3n) is 3.07. The van der Waals surface area contributed by atoms with Crippen LogP contribution in [0, 0.1) is 0 Å². The van der Waals surface area contributed by atoms with Crippen molar-refractivity contribution in [3.63, 3.8) is 0 Å². The minimum absolute atomic E-state index is 0.330. The molecule has 0 unspecified atom stereocenters. The van der Waals surface area contributed by atoms with E-state index in [1.54, 1.807) is 4.31 Å². The fourth-order valence-electron chi connectivity index (χ4n) is 1.80. The summed E-state index contributed by atoms with van der Waals surface area (Å²) in [6.07, 6.45) is 2.88. The van der Waals surface area contributed by atoms with Gasteiger partial charge in [-0.05, 0) is 26.6 Å². The SMILES string of the molecule is CSC[C@@H](C)N(C)CCN1CCCS1(=O)=O. The molecule has 0 saturated carbocycles. The van der Waals surface area contributed by atoms with E-state index in [2.05, 4.69) is 25.1 Å². The van der Waals surface area contributed by atoms with E-state index in [0.29, 0.717) is 24.9 Å². The second-order valence-corrected chi connectivity index (χ2v) is 7.35. The maximum atomic E-state index is 11.6. The van der Waals surface area contributed by atoms with Gasteiger partial charge in [-0.2, -0.15) is 11.8 Å². The molecule has 1 saturated heterocycles. The predicted molar refractivity (Wildman–Crippen MR) is 70.5 cm³/mol. The third-order valence-corrected chi connectivity index (χ3v) is 5.84. The molecular formula is C10H22N2O2S2. The summed E-state index contributed by atoms with van der Waals surface area (Å²) in [6.45, 7) is 4.33. The molecule has 0 N–H and O–H groups in total. The lowest BCUT2D eigenvalue weighted by Gasteiger charge is -2.26. The third kappa shape index (κ3) is 3.91. The van der Waals surface area contributed by atoms with E-state index in [-0.39, 0.29) is 0 Å². The van der Waals surface area contributed by atoms with Crippen molar-refractivity contribution in [2.45, 2.75) is 19.4 Å². The molecule has 0 aromatic carbocycles. The predicted octanol–water partition coefficient (Wildman–Crippen LogP) is 0.705. The molecule has 96 valence electrons. The molecule has 1 heterocycles. The fraction of sp³-hybridized carbons (Fsp3) is 1.00. The molecule has 0 radical (unpaired) electrons. The van der Waals surface area contributed by atoms with Gasteiger partial charge in [-0.3, -0.25) is 0 Å². The Labute approximate surface area is 103 Å². The summed E-state index contributed by atoms with van der Waals surface area (Å²) in [7, 11) is -0.860. The van der Waals surface area contributed by atoms with Crippen molar-refractivity contribution in [3.05, 3.63) is 0 Å². The molecule has 0 amide bonds. The summed E-state index contributed by atoms with van der Waals surface area (Å²) in [5, 5.41) is 0. The van der Waals surface area contributed by atoms with E-state index in [9.17, 15) is 8.42 Å². The average molecular weight is 266 g/mol. The monoisotopic (exact) mass is 266 g/mol. The van der Waals surface area contributed by atoms with Crippen molar-refractivity contribution < 1.29 is 8.42 Å². The summed E-state index contributed by atoms with van der Waals surface area (Å²) in [6, 6.07) is 0.500. The zero-order valence-corrected chi connectivity index (χ0v) is 12.0. The molecule has 1 aliphatic heterocycles. The summed E-state index contributed by atoms with van der Waals surface area (Å²) in [4.78, 5) is 2.23. The Hall–Kier alpha value is 0.220. The molecule has 1 aliphatic rings. The van der Waals surface area contributed by atoms with Crippen LogP contribution in [-0.4, -0.2) is 68.1 Å². The molecule has 4 nitrogen and oxygen atoms in total. The van der Waals surface area contributed by atoms with Crippen LogP contribution in [0.5, 0.6) is 0 Å². The van der Waals surface area contributed by atoms with Crippen LogP contribution in [0.15, 0.2) is 0 Å². The van der Waals surface area contributed by atoms with E-state index < -0.39 is 10.0 Å². The Kier molecular flexibility index (Phi) is 5.56. The molecule has 6 heteroatoms. The Morgan fingerprint density at radius 2 is 2.19 bits per heavy atom. The van der Waals surface area contributed by atoms with Crippen LogP contribution in [0.3, 0.4) is 0 Å². The normalized spacial score (nSPS) is 22.8. The maximum Gasteiger partial charge on any atom is 0.214 e.